The molecule has 92 valence electrons. The molecule has 1 aromatic heterocycles. The molecule has 18 heavy (non-hydrogen) atoms. The van der Waals surface area contributed by atoms with Crippen LogP contribution in [-0.4, -0.2) is 17.9 Å². The molecule has 0 bridgehead atoms. The Morgan fingerprint density at radius 2 is 2.00 bits per heavy atom. The molecular weight excluding hydrogens is 244 g/mol. The second kappa shape index (κ2) is 5.69. The zero-order chi connectivity index (χ0) is 13.0. The Labute approximate surface area is 112 Å². The number of likely N-dealkylation sites (N-methyl/N-ethyl adjacent to an activating group) is 1. The maximum absolute atomic E-state index is 12.1. The highest BCUT2D eigenvalue weighted by Gasteiger charge is 2.11. The van der Waals surface area contributed by atoms with Crippen molar-refractivity contribution in [3.8, 4) is 0 Å². The van der Waals surface area contributed by atoms with Crippen molar-refractivity contribution in [1.82, 2.24) is 4.98 Å². The van der Waals surface area contributed by atoms with Gasteiger partial charge in [0, 0.05) is 18.1 Å². The van der Waals surface area contributed by atoms with Gasteiger partial charge >= 0.3 is 0 Å². The van der Waals surface area contributed by atoms with Crippen LogP contribution in [0.25, 0.3) is 0 Å². The van der Waals surface area contributed by atoms with E-state index < -0.39 is 0 Å². The Morgan fingerprint density at radius 1 is 1.28 bits per heavy atom. The number of hydrogen-bond acceptors (Lipinski definition) is 3. The summed E-state index contributed by atoms with van der Waals surface area (Å²) in [7, 11) is 1.76. The van der Waals surface area contributed by atoms with Crippen molar-refractivity contribution >= 4 is 24.2 Å². The minimum Gasteiger partial charge on any atom is -0.314 e. The molecule has 0 saturated carbocycles. The molecule has 0 unspecified atom stereocenters. The molecule has 0 spiro atoms. The van der Waals surface area contributed by atoms with Crippen molar-refractivity contribution in [2.24, 2.45) is 0 Å². The Balaban J connectivity index is 2.06. The highest BCUT2D eigenvalue weighted by molar-refractivity contribution is 7.80. The number of carbonyl (C=O) groups is 1. The Hall–Kier alpha value is -1.81. The first-order valence-corrected chi connectivity index (χ1v) is 6.06. The van der Waals surface area contributed by atoms with Crippen LogP contribution in [0.15, 0.2) is 53.7 Å². The molecule has 0 radical (unpaired) electrons. The molecule has 1 heterocycles. The fourth-order valence-corrected chi connectivity index (χ4v) is 1.75. The molecule has 2 aromatic rings. The van der Waals surface area contributed by atoms with E-state index in [-0.39, 0.29) is 5.91 Å². The van der Waals surface area contributed by atoms with E-state index in [9.17, 15) is 4.79 Å². The Morgan fingerprint density at radius 3 is 2.61 bits per heavy atom. The van der Waals surface area contributed by atoms with Crippen LogP contribution in [0.3, 0.4) is 0 Å². The maximum Gasteiger partial charge on any atom is 0.231 e. The van der Waals surface area contributed by atoms with Crippen LogP contribution in [0, 0.1) is 0 Å². The number of benzene rings is 1. The van der Waals surface area contributed by atoms with Crippen molar-refractivity contribution in [2.45, 2.75) is 11.3 Å². The zero-order valence-electron chi connectivity index (χ0n) is 10.1. The summed E-state index contributed by atoms with van der Waals surface area (Å²) in [6.45, 7) is 0. The van der Waals surface area contributed by atoms with Gasteiger partial charge in [-0.25, -0.2) is 0 Å². The number of aromatic nitrogens is 1. The van der Waals surface area contributed by atoms with Gasteiger partial charge in [0.1, 0.15) is 0 Å². The zero-order valence-corrected chi connectivity index (χ0v) is 11.0. The van der Waals surface area contributed by atoms with Gasteiger partial charge in [-0.1, -0.05) is 12.1 Å². The van der Waals surface area contributed by atoms with Crippen LogP contribution in [0.2, 0.25) is 0 Å². The van der Waals surface area contributed by atoms with Gasteiger partial charge in [0.2, 0.25) is 5.91 Å². The Kier molecular flexibility index (Phi) is 3.99. The largest absolute Gasteiger partial charge is 0.314 e. The number of hydrogen-bond donors (Lipinski definition) is 1. The molecule has 0 saturated heterocycles. The van der Waals surface area contributed by atoms with E-state index in [1.54, 1.807) is 24.3 Å². The molecule has 2 rings (SSSR count). The van der Waals surface area contributed by atoms with Gasteiger partial charge in [-0.3, -0.25) is 9.78 Å². The second-order valence-electron chi connectivity index (χ2n) is 4.01. The van der Waals surface area contributed by atoms with E-state index in [1.165, 1.54) is 0 Å². The van der Waals surface area contributed by atoms with Crippen LogP contribution in [0.4, 0.5) is 5.69 Å². The molecule has 0 aliphatic rings. The summed E-state index contributed by atoms with van der Waals surface area (Å²) >= 11 is 4.22. The molecule has 0 aliphatic heterocycles. The molecule has 1 aromatic carbocycles. The molecule has 0 atom stereocenters. The number of amides is 1. The summed E-state index contributed by atoms with van der Waals surface area (Å²) in [4.78, 5) is 18.6. The van der Waals surface area contributed by atoms with Crippen molar-refractivity contribution in [1.29, 1.82) is 0 Å². The van der Waals surface area contributed by atoms with Gasteiger partial charge in [0.25, 0.3) is 0 Å². The van der Waals surface area contributed by atoms with Crippen molar-refractivity contribution < 1.29 is 4.79 Å². The van der Waals surface area contributed by atoms with Crippen molar-refractivity contribution in [3.63, 3.8) is 0 Å². The summed E-state index contributed by atoms with van der Waals surface area (Å²) in [6, 6.07) is 11.3. The van der Waals surface area contributed by atoms with E-state index in [4.69, 9.17) is 0 Å². The number of rotatable bonds is 3. The smallest absolute Gasteiger partial charge is 0.231 e. The van der Waals surface area contributed by atoms with Gasteiger partial charge in [0.05, 0.1) is 18.3 Å². The second-order valence-corrected chi connectivity index (χ2v) is 4.52. The summed E-state index contributed by atoms with van der Waals surface area (Å²) in [5.41, 5.74) is 1.78. The summed E-state index contributed by atoms with van der Waals surface area (Å²) in [6.07, 6.45) is 3.74. The van der Waals surface area contributed by atoms with Crippen LogP contribution in [-0.2, 0) is 11.2 Å². The molecule has 0 aliphatic carbocycles. The minimum absolute atomic E-state index is 0.0370. The van der Waals surface area contributed by atoms with E-state index in [0.717, 1.165) is 16.1 Å². The molecule has 0 fully saturated rings. The van der Waals surface area contributed by atoms with Gasteiger partial charge < -0.3 is 4.90 Å². The van der Waals surface area contributed by atoms with Crippen molar-refractivity contribution in [3.05, 3.63) is 54.4 Å². The van der Waals surface area contributed by atoms with Crippen molar-refractivity contribution in [2.75, 3.05) is 11.9 Å². The van der Waals surface area contributed by atoms with E-state index in [1.807, 2.05) is 36.4 Å². The first-order chi connectivity index (χ1) is 8.66. The third kappa shape index (κ3) is 3.11. The SMILES string of the molecule is CN(C(=O)Cc1ccc(S)cc1)c1cccnc1. The fourth-order valence-electron chi connectivity index (χ4n) is 1.60. The molecule has 0 N–H and O–H groups in total. The molecule has 3 nitrogen and oxygen atoms in total. The first kappa shape index (κ1) is 12.6. The summed E-state index contributed by atoms with van der Waals surface area (Å²) in [5, 5.41) is 0. The van der Waals surface area contributed by atoms with E-state index in [0.29, 0.717) is 6.42 Å². The van der Waals surface area contributed by atoms with E-state index >= 15 is 0 Å². The standard InChI is InChI=1S/C14H14N2OS/c1-16(12-3-2-8-15-10-12)14(17)9-11-4-6-13(18)7-5-11/h2-8,10,18H,9H2,1H3. The summed E-state index contributed by atoms with van der Waals surface area (Å²) in [5.74, 6) is 0.0370. The quantitative estimate of drug-likeness (QED) is 0.858. The third-order valence-electron chi connectivity index (χ3n) is 2.70. The lowest BCUT2D eigenvalue weighted by Gasteiger charge is -2.16. The number of pyridine rings is 1. The monoisotopic (exact) mass is 258 g/mol. The van der Waals surface area contributed by atoms with Crippen LogP contribution in [0.5, 0.6) is 0 Å². The van der Waals surface area contributed by atoms with Crippen LogP contribution >= 0.6 is 12.6 Å². The summed E-state index contributed by atoms with van der Waals surface area (Å²) < 4.78 is 0. The van der Waals surface area contributed by atoms with Gasteiger partial charge in [0.15, 0.2) is 0 Å². The topological polar surface area (TPSA) is 33.2 Å². The lowest BCUT2D eigenvalue weighted by Crippen LogP contribution is -2.27. The predicted molar refractivity (Wildman–Crippen MR) is 75.0 cm³/mol. The highest BCUT2D eigenvalue weighted by atomic mass is 32.1. The predicted octanol–water partition coefficient (Wildman–Crippen LogP) is 2.58. The average Bonchev–Trinajstić information content (AvgIpc) is 2.41. The number of anilines is 1. The molecule has 1 amide bonds. The fraction of sp³-hybridized carbons (Fsp3) is 0.143. The number of nitrogens with zero attached hydrogens (tertiary/aromatic N) is 2. The Bertz CT molecular complexity index is 525. The molecular formula is C14H14N2OS. The first-order valence-electron chi connectivity index (χ1n) is 5.61. The number of carbonyl (C=O) groups excluding carboxylic acids is 1. The van der Waals surface area contributed by atoms with Gasteiger partial charge in [-0.2, -0.15) is 0 Å². The van der Waals surface area contributed by atoms with Gasteiger partial charge in [-0.05, 0) is 29.8 Å². The van der Waals surface area contributed by atoms with E-state index in [2.05, 4.69) is 17.6 Å². The normalized spacial score (nSPS) is 10.1. The lowest BCUT2D eigenvalue weighted by molar-refractivity contribution is -0.117. The van der Waals surface area contributed by atoms with Crippen LogP contribution in [0.1, 0.15) is 5.56 Å². The number of thiol groups is 1. The maximum atomic E-state index is 12.1. The average molecular weight is 258 g/mol. The molecule has 4 heteroatoms. The van der Waals surface area contributed by atoms with Gasteiger partial charge in [-0.15, -0.1) is 12.6 Å². The third-order valence-corrected chi connectivity index (χ3v) is 3.00. The minimum atomic E-state index is 0.0370. The van der Waals surface area contributed by atoms with Crippen LogP contribution < -0.4 is 4.90 Å². The lowest BCUT2D eigenvalue weighted by atomic mass is 10.1. The highest BCUT2D eigenvalue weighted by Crippen LogP contribution is 2.13.